The highest BCUT2D eigenvalue weighted by molar-refractivity contribution is 8.05. The number of piperidine rings is 1. The zero-order chi connectivity index (χ0) is 22.7. The second-order valence-corrected chi connectivity index (χ2v) is 9.74. The predicted molar refractivity (Wildman–Crippen MR) is 129 cm³/mol. The van der Waals surface area contributed by atoms with Crippen LogP contribution >= 0.6 is 35.0 Å². The summed E-state index contributed by atoms with van der Waals surface area (Å²) in [7, 11) is 0. The van der Waals surface area contributed by atoms with Gasteiger partial charge in [0.25, 0.3) is 5.91 Å². The zero-order valence-corrected chi connectivity index (χ0v) is 19.6. The summed E-state index contributed by atoms with van der Waals surface area (Å²) in [5, 5.41) is 10.9. The summed E-state index contributed by atoms with van der Waals surface area (Å²) in [6.07, 6.45) is 3.26. The molecule has 2 amide bonds. The number of halogens is 2. The molecule has 0 spiro atoms. The lowest BCUT2D eigenvalue weighted by atomic mass is 10.1. The first kappa shape index (κ1) is 22.7. The lowest BCUT2D eigenvalue weighted by Gasteiger charge is -2.27. The first-order valence-electron chi connectivity index (χ1n) is 10.4. The van der Waals surface area contributed by atoms with E-state index in [9.17, 15) is 14.9 Å². The van der Waals surface area contributed by atoms with Gasteiger partial charge in [-0.25, -0.2) is 0 Å². The molecule has 0 saturated carbocycles. The van der Waals surface area contributed by atoms with E-state index in [-0.39, 0.29) is 17.4 Å². The highest BCUT2D eigenvalue weighted by Gasteiger charge is 2.41. The normalized spacial score (nSPS) is 20.3. The van der Waals surface area contributed by atoms with Crippen LogP contribution in [-0.4, -0.2) is 35.1 Å². The van der Waals surface area contributed by atoms with Crippen molar-refractivity contribution in [2.45, 2.75) is 30.9 Å². The van der Waals surface area contributed by atoms with E-state index in [1.807, 2.05) is 18.2 Å². The molecule has 164 valence electrons. The molecular formula is C24H21Cl2N3O2S. The van der Waals surface area contributed by atoms with Crippen molar-refractivity contribution in [3.05, 3.63) is 74.7 Å². The van der Waals surface area contributed by atoms with Crippen molar-refractivity contribution in [1.82, 2.24) is 4.90 Å². The number of anilines is 1. The van der Waals surface area contributed by atoms with Crippen LogP contribution < -0.4 is 4.90 Å². The van der Waals surface area contributed by atoms with Gasteiger partial charge in [-0.15, -0.1) is 0 Å². The minimum atomic E-state index is -0.529. The van der Waals surface area contributed by atoms with Gasteiger partial charge in [0.1, 0.15) is 16.7 Å². The van der Waals surface area contributed by atoms with Gasteiger partial charge < -0.3 is 4.90 Å². The lowest BCUT2D eigenvalue weighted by Crippen LogP contribution is -2.37. The monoisotopic (exact) mass is 485 g/mol. The van der Waals surface area contributed by atoms with Crippen LogP contribution in [-0.2, 0) is 16.0 Å². The highest BCUT2D eigenvalue weighted by Crippen LogP contribution is 2.42. The zero-order valence-electron chi connectivity index (χ0n) is 17.3. The maximum atomic E-state index is 13.5. The van der Waals surface area contributed by atoms with Crippen LogP contribution in [0.4, 0.5) is 5.69 Å². The summed E-state index contributed by atoms with van der Waals surface area (Å²) >= 11 is 13.7. The van der Waals surface area contributed by atoms with Crippen LogP contribution in [0, 0.1) is 11.3 Å². The summed E-state index contributed by atoms with van der Waals surface area (Å²) in [4.78, 5) is 29.9. The second kappa shape index (κ2) is 9.99. The molecule has 2 fully saturated rings. The number of carbonyl (C=O) groups excluding carboxylic acids is 2. The van der Waals surface area contributed by atoms with Crippen LogP contribution in [0.5, 0.6) is 0 Å². The topological polar surface area (TPSA) is 64.4 Å². The fourth-order valence-electron chi connectivity index (χ4n) is 3.94. The molecule has 2 aromatic rings. The van der Waals surface area contributed by atoms with Gasteiger partial charge in [-0.05, 0) is 61.6 Å². The molecule has 2 aliphatic heterocycles. The lowest BCUT2D eigenvalue weighted by molar-refractivity contribution is -0.127. The number of hydrogen-bond donors (Lipinski definition) is 0. The summed E-state index contributed by atoms with van der Waals surface area (Å²) in [6, 6.07) is 16.3. The van der Waals surface area contributed by atoms with Crippen LogP contribution in [0.25, 0.3) is 0 Å². The van der Waals surface area contributed by atoms with Gasteiger partial charge in [-0.2, -0.15) is 5.26 Å². The number of amides is 2. The Bertz CT molecular complexity index is 1110. The Hall–Kier alpha value is -2.46. The fraction of sp³-hybridized carbons (Fsp3) is 0.292. The molecule has 0 aromatic heterocycles. The van der Waals surface area contributed by atoms with Gasteiger partial charge in [0.2, 0.25) is 5.91 Å². The molecule has 0 aliphatic carbocycles. The Kier molecular flexibility index (Phi) is 7.10. The maximum absolute atomic E-state index is 13.5. The Morgan fingerprint density at radius 2 is 1.81 bits per heavy atom. The summed E-state index contributed by atoms with van der Waals surface area (Å²) in [5.41, 5.74) is 1.38. The van der Waals surface area contributed by atoms with Crippen LogP contribution in [0.3, 0.4) is 0 Å². The van der Waals surface area contributed by atoms with Crippen molar-refractivity contribution < 1.29 is 9.59 Å². The van der Waals surface area contributed by atoms with Gasteiger partial charge in [-0.1, -0.05) is 53.2 Å². The number of nitriles is 1. The molecule has 2 aliphatic rings. The average Bonchev–Trinajstić information content (AvgIpc) is 3.13. The number of likely N-dealkylation sites (tertiary alicyclic amines) is 1. The molecular weight excluding hydrogens is 465 g/mol. The number of rotatable bonds is 4. The van der Waals surface area contributed by atoms with E-state index in [1.165, 1.54) is 16.7 Å². The Morgan fingerprint density at radius 1 is 1.09 bits per heavy atom. The van der Waals surface area contributed by atoms with E-state index in [2.05, 4.69) is 6.07 Å². The molecule has 0 bridgehead atoms. The van der Waals surface area contributed by atoms with Gasteiger partial charge in [0.05, 0.1) is 5.25 Å². The van der Waals surface area contributed by atoms with Gasteiger partial charge in [0, 0.05) is 28.8 Å². The molecule has 2 heterocycles. The molecule has 0 N–H and O–H groups in total. The third-order valence-electron chi connectivity index (χ3n) is 5.56. The van der Waals surface area contributed by atoms with Crippen molar-refractivity contribution in [2.75, 3.05) is 18.0 Å². The van der Waals surface area contributed by atoms with E-state index >= 15 is 0 Å². The summed E-state index contributed by atoms with van der Waals surface area (Å²) in [6.45, 7) is 1.26. The molecule has 32 heavy (non-hydrogen) atoms. The largest absolute Gasteiger partial charge is 0.338 e. The van der Waals surface area contributed by atoms with Crippen molar-refractivity contribution >= 4 is 52.5 Å². The van der Waals surface area contributed by atoms with E-state index in [0.717, 1.165) is 24.8 Å². The molecule has 2 saturated heterocycles. The first-order valence-corrected chi connectivity index (χ1v) is 12.1. The third kappa shape index (κ3) is 4.66. The first-order chi connectivity index (χ1) is 15.5. The van der Waals surface area contributed by atoms with Gasteiger partial charge in [-0.3, -0.25) is 14.5 Å². The molecule has 5 nitrogen and oxygen atoms in total. The Balaban J connectivity index is 1.73. The molecule has 4 rings (SSSR count). The standard InChI is InChI=1S/C24H21Cl2N3O2S/c25-17-9-10-20(26)16(13-17)14-21-23(31)29(18-7-3-1-4-8-18)24(32-21)19(15-27)22(30)28-11-5-2-6-12-28/h1,3-4,7-10,13,21H,2,5-6,11-12,14H2. The van der Waals surface area contributed by atoms with Gasteiger partial charge >= 0.3 is 0 Å². The highest BCUT2D eigenvalue weighted by atomic mass is 35.5. The fourth-order valence-corrected chi connectivity index (χ4v) is 5.62. The van der Waals surface area contributed by atoms with Crippen LogP contribution in [0.1, 0.15) is 24.8 Å². The van der Waals surface area contributed by atoms with E-state index in [4.69, 9.17) is 23.2 Å². The Labute approximate surface area is 201 Å². The number of thioether (sulfide) groups is 1. The van der Waals surface area contributed by atoms with Crippen LogP contribution in [0.15, 0.2) is 59.1 Å². The SMILES string of the molecule is N#CC(C(=O)N1CCCCC1)=C1SC(Cc2cc(Cl)ccc2Cl)C(=O)N1c1ccccc1. The minimum Gasteiger partial charge on any atom is -0.338 e. The van der Waals surface area contributed by atoms with Crippen molar-refractivity contribution in [3.8, 4) is 6.07 Å². The van der Waals surface area contributed by atoms with E-state index in [1.54, 1.807) is 35.2 Å². The number of nitrogens with zero attached hydrogens (tertiary/aromatic N) is 3. The minimum absolute atomic E-state index is 0.00814. The predicted octanol–water partition coefficient (Wildman–Crippen LogP) is 5.43. The molecule has 1 unspecified atom stereocenters. The Morgan fingerprint density at radius 3 is 2.50 bits per heavy atom. The number of para-hydroxylation sites is 1. The number of carbonyl (C=O) groups is 2. The van der Waals surface area contributed by atoms with Gasteiger partial charge in [0.15, 0.2) is 0 Å². The second-order valence-electron chi connectivity index (χ2n) is 7.70. The number of benzene rings is 2. The van der Waals surface area contributed by atoms with Crippen molar-refractivity contribution in [2.24, 2.45) is 0 Å². The van der Waals surface area contributed by atoms with E-state index in [0.29, 0.717) is 40.3 Å². The molecule has 2 aromatic carbocycles. The van der Waals surface area contributed by atoms with Crippen molar-refractivity contribution in [3.63, 3.8) is 0 Å². The molecule has 8 heteroatoms. The summed E-state index contributed by atoms with van der Waals surface area (Å²) < 4.78 is 0. The third-order valence-corrected chi connectivity index (χ3v) is 7.43. The maximum Gasteiger partial charge on any atom is 0.267 e. The van der Waals surface area contributed by atoms with E-state index < -0.39 is 5.25 Å². The van der Waals surface area contributed by atoms with Crippen molar-refractivity contribution in [1.29, 1.82) is 5.26 Å². The smallest absolute Gasteiger partial charge is 0.267 e. The molecule has 1 atom stereocenters. The number of hydrogen-bond acceptors (Lipinski definition) is 4. The molecule has 0 radical (unpaired) electrons. The quantitative estimate of drug-likeness (QED) is 0.427. The summed E-state index contributed by atoms with van der Waals surface area (Å²) in [5.74, 6) is -0.503. The average molecular weight is 486 g/mol. The van der Waals surface area contributed by atoms with Crippen LogP contribution in [0.2, 0.25) is 10.0 Å².